The Bertz CT molecular complexity index is 476. The van der Waals surface area contributed by atoms with Gasteiger partial charge in [-0.25, -0.2) is 0 Å². The average molecular weight is 278 g/mol. The minimum atomic E-state index is -0.384. The van der Waals surface area contributed by atoms with Crippen molar-refractivity contribution in [3.8, 4) is 5.75 Å². The van der Waals surface area contributed by atoms with Gasteiger partial charge in [-0.2, -0.15) is 0 Å². The Labute approximate surface area is 119 Å². The van der Waals surface area contributed by atoms with Crippen LogP contribution >= 0.6 is 0 Å². The number of nitrogens with zero attached hydrogens (tertiary/aromatic N) is 1. The molecule has 1 fully saturated rings. The summed E-state index contributed by atoms with van der Waals surface area (Å²) in [6.45, 7) is 4.57. The summed E-state index contributed by atoms with van der Waals surface area (Å²) in [7, 11) is 3.63. The van der Waals surface area contributed by atoms with E-state index in [0.717, 1.165) is 23.4 Å². The summed E-state index contributed by atoms with van der Waals surface area (Å²) in [5.74, 6) is 0.728. The molecule has 1 N–H and O–H groups in total. The Morgan fingerprint density at radius 3 is 3.05 bits per heavy atom. The summed E-state index contributed by atoms with van der Waals surface area (Å²) in [6.07, 6.45) is -0.384. The molecule has 0 spiro atoms. The van der Waals surface area contributed by atoms with E-state index in [2.05, 4.69) is 10.2 Å². The molecule has 0 radical (unpaired) electrons. The molecule has 2 rings (SSSR count). The van der Waals surface area contributed by atoms with Crippen LogP contribution in [0.1, 0.15) is 11.1 Å². The second-order valence-electron chi connectivity index (χ2n) is 5.15. The molecular formula is C15H22N2O3. The Balaban J connectivity index is 1.93. The number of hydrogen-bond acceptors (Lipinski definition) is 4. The van der Waals surface area contributed by atoms with Crippen molar-refractivity contribution in [2.24, 2.45) is 0 Å². The molecular weight excluding hydrogens is 256 g/mol. The van der Waals surface area contributed by atoms with Crippen molar-refractivity contribution in [2.75, 3.05) is 33.9 Å². The maximum absolute atomic E-state index is 12.1. The number of amides is 1. The highest BCUT2D eigenvalue weighted by molar-refractivity contribution is 5.81. The number of aryl methyl sites for hydroxylation is 1. The molecule has 0 bridgehead atoms. The minimum Gasteiger partial charge on any atom is -0.496 e. The molecule has 5 nitrogen and oxygen atoms in total. The van der Waals surface area contributed by atoms with Crippen molar-refractivity contribution in [3.05, 3.63) is 29.3 Å². The number of ether oxygens (including phenoxy) is 2. The Morgan fingerprint density at radius 2 is 2.35 bits per heavy atom. The SMILES string of the molecule is COc1cc(C)ccc1CNC(=O)C1CN(C)CCO1. The molecule has 1 aromatic carbocycles. The van der Waals surface area contributed by atoms with Crippen LogP contribution in [0, 0.1) is 6.92 Å². The van der Waals surface area contributed by atoms with Crippen molar-refractivity contribution in [1.29, 1.82) is 0 Å². The van der Waals surface area contributed by atoms with E-state index < -0.39 is 0 Å². The maximum Gasteiger partial charge on any atom is 0.250 e. The number of likely N-dealkylation sites (N-methyl/N-ethyl adjacent to an activating group) is 1. The molecule has 1 amide bonds. The standard InChI is InChI=1S/C15H22N2O3/c1-11-4-5-12(13(8-11)19-3)9-16-15(18)14-10-17(2)6-7-20-14/h4-5,8,14H,6-7,9-10H2,1-3H3,(H,16,18). The Hall–Kier alpha value is -1.59. The molecule has 1 unspecified atom stereocenters. The number of hydrogen-bond donors (Lipinski definition) is 1. The van der Waals surface area contributed by atoms with E-state index in [1.54, 1.807) is 7.11 Å². The smallest absolute Gasteiger partial charge is 0.250 e. The molecule has 0 saturated carbocycles. The fourth-order valence-corrected chi connectivity index (χ4v) is 2.23. The van der Waals surface area contributed by atoms with Gasteiger partial charge in [-0.1, -0.05) is 12.1 Å². The molecule has 0 aliphatic carbocycles. The molecule has 110 valence electrons. The molecule has 20 heavy (non-hydrogen) atoms. The lowest BCUT2D eigenvalue weighted by atomic mass is 10.1. The van der Waals surface area contributed by atoms with Gasteiger partial charge in [0.15, 0.2) is 0 Å². The van der Waals surface area contributed by atoms with Crippen LogP contribution in [0.2, 0.25) is 0 Å². The number of nitrogens with one attached hydrogen (secondary N) is 1. The Morgan fingerprint density at radius 1 is 1.55 bits per heavy atom. The lowest BCUT2D eigenvalue weighted by Crippen LogP contribution is -2.48. The number of methoxy groups -OCH3 is 1. The fraction of sp³-hybridized carbons (Fsp3) is 0.533. The molecule has 1 atom stereocenters. The van der Waals surface area contributed by atoms with Crippen LogP contribution in [0.5, 0.6) is 5.75 Å². The Kier molecular flexibility index (Phi) is 4.98. The average Bonchev–Trinajstić information content (AvgIpc) is 2.45. The van der Waals surface area contributed by atoms with Crippen molar-refractivity contribution in [2.45, 2.75) is 19.6 Å². The number of benzene rings is 1. The van der Waals surface area contributed by atoms with E-state index in [0.29, 0.717) is 19.7 Å². The first-order valence-corrected chi connectivity index (χ1v) is 6.81. The second-order valence-corrected chi connectivity index (χ2v) is 5.15. The summed E-state index contributed by atoms with van der Waals surface area (Å²) in [4.78, 5) is 14.2. The summed E-state index contributed by atoms with van der Waals surface area (Å²) in [6, 6.07) is 5.95. The lowest BCUT2D eigenvalue weighted by molar-refractivity contribution is -0.138. The molecule has 1 heterocycles. The van der Waals surface area contributed by atoms with Gasteiger partial charge in [0.05, 0.1) is 13.7 Å². The quantitative estimate of drug-likeness (QED) is 0.891. The van der Waals surface area contributed by atoms with Crippen LogP contribution in [-0.4, -0.2) is 50.8 Å². The van der Waals surface area contributed by atoms with E-state index in [4.69, 9.17) is 9.47 Å². The molecule has 0 aromatic heterocycles. The van der Waals surface area contributed by atoms with Gasteiger partial charge in [-0.15, -0.1) is 0 Å². The van der Waals surface area contributed by atoms with Crippen molar-refractivity contribution in [3.63, 3.8) is 0 Å². The van der Waals surface area contributed by atoms with Gasteiger partial charge in [-0.3, -0.25) is 4.79 Å². The topological polar surface area (TPSA) is 50.8 Å². The highest BCUT2D eigenvalue weighted by Gasteiger charge is 2.24. The molecule has 1 aromatic rings. The second kappa shape index (κ2) is 6.72. The zero-order valence-corrected chi connectivity index (χ0v) is 12.3. The van der Waals surface area contributed by atoms with Crippen molar-refractivity contribution < 1.29 is 14.3 Å². The van der Waals surface area contributed by atoms with Gasteiger partial charge in [0.1, 0.15) is 11.9 Å². The number of carbonyl (C=O) groups excluding carboxylic acids is 1. The highest BCUT2D eigenvalue weighted by atomic mass is 16.5. The zero-order chi connectivity index (χ0) is 14.5. The van der Waals surface area contributed by atoms with E-state index in [9.17, 15) is 4.79 Å². The number of rotatable bonds is 4. The highest BCUT2D eigenvalue weighted by Crippen LogP contribution is 2.19. The van der Waals surface area contributed by atoms with Crippen LogP contribution in [0.3, 0.4) is 0 Å². The molecule has 5 heteroatoms. The van der Waals surface area contributed by atoms with Crippen molar-refractivity contribution >= 4 is 5.91 Å². The van der Waals surface area contributed by atoms with Crippen LogP contribution < -0.4 is 10.1 Å². The first kappa shape index (κ1) is 14.8. The minimum absolute atomic E-state index is 0.0702. The van der Waals surface area contributed by atoms with Gasteiger partial charge < -0.3 is 19.7 Å². The van der Waals surface area contributed by atoms with E-state index in [1.807, 2.05) is 32.2 Å². The molecule has 1 aliphatic rings. The summed E-state index contributed by atoms with van der Waals surface area (Å²) >= 11 is 0. The summed E-state index contributed by atoms with van der Waals surface area (Å²) in [5, 5.41) is 2.91. The molecule has 1 saturated heterocycles. The van der Waals surface area contributed by atoms with Gasteiger partial charge in [0.25, 0.3) is 5.91 Å². The van der Waals surface area contributed by atoms with Crippen molar-refractivity contribution in [1.82, 2.24) is 10.2 Å². The fourth-order valence-electron chi connectivity index (χ4n) is 2.23. The zero-order valence-electron chi connectivity index (χ0n) is 12.3. The molecule has 1 aliphatic heterocycles. The van der Waals surface area contributed by atoms with E-state index >= 15 is 0 Å². The van der Waals surface area contributed by atoms with Gasteiger partial charge in [0.2, 0.25) is 0 Å². The van der Waals surface area contributed by atoms with Gasteiger partial charge >= 0.3 is 0 Å². The normalized spacial score (nSPS) is 19.6. The first-order valence-electron chi connectivity index (χ1n) is 6.81. The third-order valence-corrected chi connectivity index (χ3v) is 3.46. The first-order chi connectivity index (χ1) is 9.60. The predicted molar refractivity (Wildman–Crippen MR) is 76.8 cm³/mol. The predicted octanol–water partition coefficient (Wildman–Crippen LogP) is 0.950. The van der Waals surface area contributed by atoms with Crippen LogP contribution in [0.25, 0.3) is 0 Å². The summed E-state index contributed by atoms with van der Waals surface area (Å²) < 4.78 is 10.8. The number of carbonyl (C=O) groups is 1. The van der Waals surface area contributed by atoms with Crippen LogP contribution in [-0.2, 0) is 16.1 Å². The monoisotopic (exact) mass is 278 g/mol. The van der Waals surface area contributed by atoms with Crippen LogP contribution in [0.4, 0.5) is 0 Å². The van der Waals surface area contributed by atoms with E-state index in [-0.39, 0.29) is 12.0 Å². The number of morpholine rings is 1. The lowest BCUT2D eigenvalue weighted by Gasteiger charge is -2.29. The third-order valence-electron chi connectivity index (χ3n) is 3.46. The van der Waals surface area contributed by atoms with Gasteiger partial charge in [0, 0.05) is 25.2 Å². The van der Waals surface area contributed by atoms with E-state index in [1.165, 1.54) is 0 Å². The largest absolute Gasteiger partial charge is 0.496 e. The van der Waals surface area contributed by atoms with Gasteiger partial charge in [-0.05, 0) is 25.6 Å². The van der Waals surface area contributed by atoms with Crippen LogP contribution in [0.15, 0.2) is 18.2 Å². The maximum atomic E-state index is 12.1. The summed E-state index contributed by atoms with van der Waals surface area (Å²) in [5.41, 5.74) is 2.10. The third kappa shape index (κ3) is 3.71.